The molecular formula is C24H19NO5. The zero-order valence-electron chi connectivity index (χ0n) is 16.2. The summed E-state index contributed by atoms with van der Waals surface area (Å²) in [5.41, 5.74) is 2.86. The average Bonchev–Trinajstić information content (AvgIpc) is 3.31. The molecule has 6 nitrogen and oxygen atoms in total. The molecule has 0 N–H and O–H groups in total. The molecule has 0 radical (unpaired) electrons. The first kappa shape index (κ1) is 18.2. The van der Waals surface area contributed by atoms with Gasteiger partial charge in [0.2, 0.25) is 0 Å². The minimum Gasteiger partial charge on any atom is -0.465 e. The molecule has 5 aromatic rings. The molecule has 0 aliphatic heterocycles. The van der Waals surface area contributed by atoms with Crippen molar-refractivity contribution in [3.05, 3.63) is 83.0 Å². The number of rotatable bonds is 6. The van der Waals surface area contributed by atoms with Crippen molar-refractivity contribution in [1.82, 2.24) is 4.57 Å². The number of aromatic nitrogens is 1. The Balaban J connectivity index is 1.24. The maximum Gasteiger partial charge on any atom is 0.419 e. The molecule has 0 fully saturated rings. The topological polar surface area (TPSA) is 74.6 Å². The number of esters is 1. The highest BCUT2D eigenvalue weighted by atomic mass is 16.5. The maximum absolute atomic E-state index is 12.4. The van der Waals surface area contributed by atoms with Crippen LogP contribution in [0.2, 0.25) is 0 Å². The van der Waals surface area contributed by atoms with Crippen LogP contribution in [0, 0.1) is 0 Å². The van der Waals surface area contributed by atoms with Gasteiger partial charge in [0.25, 0.3) is 0 Å². The lowest BCUT2D eigenvalue weighted by Crippen LogP contribution is -2.16. The van der Waals surface area contributed by atoms with Gasteiger partial charge in [-0.15, -0.1) is 0 Å². The lowest BCUT2D eigenvalue weighted by Gasteiger charge is -2.06. The van der Waals surface area contributed by atoms with Crippen molar-refractivity contribution >= 4 is 38.8 Å². The van der Waals surface area contributed by atoms with Crippen LogP contribution >= 0.6 is 0 Å². The Morgan fingerprint density at radius 2 is 1.80 bits per heavy atom. The van der Waals surface area contributed by atoms with E-state index in [1.165, 1.54) is 0 Å². The van der Waals surface area contributed by atoms with Crippen LogP contribution in [0.15, 0.2) is 80.6 Å². The second-order valence-corrected chi connectivity index (χ2v) is 7.16. The lowest BCUT2D eigenvalue weighted by molar-refractivity contribution is -0.142. The van der Waals surface area contributed by atoms with Crippen LogP contribution in [-0.4, -0.2) is 17.1 Å². The summed E-state index contributed by atoms with van der Waals surface area (Å²) in [6, 6.07) is 19.2. The predicted octanol–water partition coefficient (Wildman–Crippen LogP) is 4.67. The first-order chi connectivity index (χ1) is 14.7. The fourth-order valence-electron chi connectivity index (χ4n) is 3.85. The van der Waals surface area contributed by atoms with Gasteiger partial charge in [-0.3, -0.25) is 9.36 Å². The van der Waals surface area contributed by atoms with Crippen LogP contribution in [-0.2, 0) is 22.5 Å². The molecule has 0 aliphatic carbocycles. The Morgan fingerprint density at radius 1 is 0.967 bits per heavy atom. The monoisotopic (exact) mass is 401 g/mol. The summed E-state index contributed by atoms with van der Waals surface area (Å²) in [6.45, 7) is 0.643. The zero-order chi connectivity index (χ0) is 20.5. The SMILES string of the molecule is O=C(Cc1coc2ccc3ccccc3c12)OCCCn1c(=O)oc2ccccc21. The van der Waals surface area contributed by atoms with E-state index in [-0.39, 0.29) is 19.0 Å². The summed E-state index contributed by atoms with van der Waals surface area (Å²) in [6.07, 6.45) is 2.27. The van der Waals surface area contributed by atoms with Crippen molar-refractivity contribution in [1.29, 1.82) is 0 Å². The van der Waals surface area contributed by atoms with Crippen LogP contribution in [0.25, 0.3) is 32.8 Å². The summed E-state index contributed by atoms with van der Waals surface area (Å²) in [5, 5.41) is 3.10. The summed E-state index contributed by atoms with van der Waals surface area (Å²) in [7, 11) is 0. The molecule has 0 aliphatic rings. The second-order valence-electron chi connectivity index (χ2n) is 7.16. The molecule has 150 valence electrons. The number of oxazole rings is 1. The number of hydrogen-bond donors (Lipinski definition) is 0. The number of hydrogen-bond acceptors (Lipinski definition) is 5. The fraction of sp³-hybridized carbons (Fsp3) is 0.167. The van der Waals surface area contributed by atoms with Crippen LogP contribution in [0.4, 0.5) is 0 Å². The first-order valence-electron chi connectivity index (χ1n) is 9.82. The van der Waals surface area contributed by atoms with E-state index < -0.39 is 5.76 Å². The molecule has 2 aromatic heterocycles. The molecule has 30 heavy (non-hydrogen) atoms. The van der Waals surface area contributed by atoms with Crippen LogP contribution in [0.5, 0.6) is 0 Å². The van der Waals surface area contributed by atoms with Crippen molar-refractivity contribution in [2.75, 3.05) is 6.61 Å². The Labute approximate surface area is 171 Å². The van der Waals surface area contributed by atoms with Gasteiger partial charge in [-0.05, 0) is 35.4 Å². The summed E-state index contributed by atoms with van der Waals surface area (Å²) in [4.78, 5) is 24.4. The van der Waals surface area contributed by atoms with Crippen molar-refractivity contribution in [3.63, 3.8) is 0 Å². The molecule has 0 saturated carbocycles. The number of carbonyl (C=O) groups excluding carboxylic acids is 1. The molecule has 6 heteroatoms. The Hall–Kier alpha value is -3.80. The molecule has 2 heterocycles. The Morgan fingerprint density at radius 3 is 2.73 bits per heavy atom. The van der Waals surface area contributed by atoms with Gasteiger partial charge in [-0.1, -0.05) is 42.5 Å². The number of aryl methyl sites for hydroxylation is 1. The molecule has 3 aromatic carbocycles. The average molecular weight is 401 g/mol. The summed E-state index contributed by atoms with van der Waals surface area (Å²) >= 11 is 0. The maximum atomic E-state index is 12.4. The van der Waals surface area contributed by atoms with Gasteiger partial charge < -0.3 is 13.6 Å². The minimum absolute atomic E-state index is 0.135. The highest BCUT2D eigenvalue weighted by Gasteiger charge is 2.14. The molecule has 0 amide bonds. The molecule has 0 unspecified atom stereocenters. The number of carbonyl (C=O) groups is 1. The Kier molecular flexibility index (Phi) is 4.59. The van der Waals surface area contributed by atoms with E-state index in [1.54, 1.807) is 16.9 Å². The Bertz CT molecular complexity index is 1420. The largest absolute Gasteiger partial charge is 0.465 e. The third-order valence-electron chi connectivity index (χ3n) is 5.24. The van der Waals surface area contributed by atoms with E-state index >= 15 is 0 Å². The highest BCUT2D eigenvalue weighted by Crippen LogP contribution is 2.30. The number of nitrogens with zero attached hydrogens (tertiary/aromatic N) is 1. The van der Waals surface area contributed by atoms with E-state index in [9.17, 15) is 9.59 Å². The van der Waals surface area contributed by atoms with Crippen molar-refractivity contribution in [3.8, 4) is 0 Å². The van der Waals surface area contributed by atoms with Gasteiger partial charge in [-0.2, -0.15) is 0 Å². The van der Waals surface area contributed by atoms with Gasteiger partial charge in [0.05, 0.1) is 24.8 Å². The van der Waals surface area contributed by atoms with Gasteiger partial charge in [0.15, 0.2) is 5.58 Å². The summed E-state index contributed by atoms with van der Waals surface area (Å²) in [5.74, 6) is -0.727. The number of ether oxygens (including phenoxy) is 1. The number of benzene rings is 3. The number of fused-ring (bicyclic) bond motifs is 4. The van der Waals surface area contributed by atoms with Gasteiger partial charge >= 0.3 is 11.7 Å². The number of para-hydroxylation sites is 2. The van der Waals surface area contributed by atoms with Crippen molar-refractivity contribution in [2.24, 2.45) is 0 Å². The molecule has 0 spiro atoms. The summed E-state index contributed by atoms with van der Waals surface area (Å²) < 4.78 is 17.8. The molecule has 5 rings (SSSR count). The standard InChI is InChI=1S/C24H19NO5/c26-22(28-13-5-12-25-19-8-3-4-9-20(19)30-24(25)27)14-17-15-29-21-11-10-16-6-1-2-7-18(16)23(17)21/h1-4,6-11,15H,5,12-14H2. The molecule has 0 bridgehead atoms. The number of furan rings is 1. The van der Waals surface area contributed by atoms with Crippen molar-refractivity contribution in [2.45, 2.75) is 19.4 Å². The van der Waals surface area contributed by atoms with E-state index in [0.717, 1.165) is 32.8 Å². The quantitative estimate of drug-likeness (QED) is 0.305. The van der Waals surface area contributed by atoms with Gasteiger partial charge in [0, 0.05) is 17.5 Å². The van der Waals surface area contributed by atoms with Crippen LogP contribution < -0.4 is 5.76 Å². The first-order valence-corrected chi connectivity index (χ1v) is 9.82. The molecule has 0 saturated heterocycles. The van der Waals surface area contributed by atoms with E-state index in [0.29, 0.717) is 18.5 Å². The third kappa shape index (κ3) is 3.26. The molecular weight excluding hydrogens is 382 g/mol. The van der Waals surface area contributed by atoms with Crippen molar-refractivity contribution < 1.29 is 18.4 Å². The second kappa shape index (κ2) is 7.55. The van der Waals surface area contributed by atoms with E-state index in [4.69, 9.17) is 13.6 Å². The van der Waals surface area contributed by atoms with Crippen LogP contribution in [0.3, 0.4) is 0 Å². The predicted molar refractivity (Wildman–Crippen MR) is 113 cm³/mol. The lowest BCUT2D eigenvalue weighted by atomic mass is 10.0. The zero-order valence-corrected chi connectivity index (χ0v) is 16.2. The highest BCUT2D eigenvalue weighted by molar-refractivity contribution is 6.08. The smallest absolute Gasteiger partial charge is 0.419 e. The van der Waals surface area contributed by atoms with Gasteiger partial charge in [-0.25, -0.2) is 4.79 Å². The minimum atomic E-state index is -0.403. The van der Waals surface area contributed by atoms with Crippen LogP contribution in [0.1, 0.15) is 12.0 Å². The van der Waals surface area contributed by atoms with E-state index in [1.807, 2.05) is 54.6 Å². The molecule has 0 atom stereocenters. The van der Waals surface area contributed by atoms with E-state index in [2.05, 4.69) is 0 Å². The van der Waals surface area contributed by atoms with Gasteiger partial charge in [0.1, 0.15) is 5.58 Å². The normalized spacial score (nSPS) is 11.5. The fourth-order valence-corrected chi connectivity index (χ4v) is 3.85. The third-order valence-corrected chi connectivity index (χ3v) is 5.24.